The lowest BCUT2D eigenvalue weighted by molar-refractivity contribution is 0.565. The summed E-state index contributed by atoms with van der Waals surface area (Å²) in [5.41, 5.74) is 2.99. The highest BCUT2D eigenvalue weighted by atomic mass is 15.0. The van der Waals surface area contributed by atoms with Crippen molar-refractivity contribution < 1.29 is 0 Å². The van der Waals surface area contributed by atoms with E-state index >= 15 is 0 Å². The molecule has 2 rings (SSSR count). The zero-order valence-electron chi connectivity index (χ0n) is 9.15. The molecule has 4 nitrogen and oxygen atoms in total. The van der Waals surface area contributed by atoms with Gasteiger partial charge in [0, 0.05) is 31.9 Å². The normalized spacial score (nSPS) is 12.1. The van der Waals surface area contributed by atoms with Crippen molar-refractivity contribution in [3.05, 3.63) is 30.5 Å². The van der Waals surface area contributed by atoms with Gasteiger partial charge in [0.15, 0.2) is 0 Å². The Labute approximate surface area is 88.7 Å². The molecule has 0 aliphatic carbocycles. The number of H-pyrrole nitrogens is 1. The van der Waals surface area contributed by atoms with Crippen LogP contribution in [-0.2, 0) is 0 Å². The van der Waals surface area contributed by atoms with Crippen LogP contribution in [0.25, 0.3) is 16.6 Å². The Hall–Kier alpha value is -1.84. The van der Waals surface area contributed by atoms with E-state index in [1.54, 1.807) is 6.33 Å². The summed E-state index contributed by atoms with van der Waals surface area (Å²) in [6, 6.07) is 2.00. The van der Waals surface area contributed by atoms with E-state index in [9.17, 15) is 0 Å². The summed E-state index contributed by atoms with van der Waals surface area (Å²) in [6.45, 7) is 2.05. The molecule has 0 radical (unpaired) electrons. The molecular weight excluding hydrogens is 188 g/mol. The van der Waals surface area contributed by atoms with Crippen molar-refractivity contribution >= 4 is 16.6 Å². The van der Waals surface area contributed by atoms with Gasteiger partial charge in [-0.15, -0.1) is 0 Å². The third kappa shape index (κ3) is 1.83. The molecule has 78 valence electrons. The highest BCUT2D eigenvalue weighted by molar-refractivity contribution is 5.87. The minimum Gasteiger partial charge on any atom is -0.383 e. The Morgan fingerprint density at radius 1 is 1.40 bits per heavy atom. The van der Waals surface area contributed by atoms with E-state index in [-0.39, 0.29) is 0 Å². The average Bonchev–Trinajstić information content (AvgIpc) is 2.63. The second-order valence-electron chi connectivity index (χ2n) is 3.74. The van der Waals surface area contributed by atoms with Crippen LogP contribution >= 0.6 is 0 Å². The molecule has 15 heavy (non-hydrogen) atoms. The van der Waals surface area contributed by atoms with Gasteiger partial charge in [-0.3, -0.25) is 0 Å². The fraction of sp³-hybridized carbons (Fsp3) is 0.273. The first-order valence-corrected chi connectivity index (χ1v) is 4.82. The van der Waals surface area contributed by atoms with Crippen molar-refractivity contribution in [1.82, 2.24) is 19.9 Å². The van der Waals surface area contributed by atoms with E-state index < -0.39 is 0 Å². The molecule has 2 heterocycles. The van der Waals surface area contributed by atoms with E-state index in [0.717, 1.165) is 22.3 Å². The Morgan fingerprint density at radius 3 is 2.93 bits per heavy atom. The first kappa shape index (κ1) is 9.71. The first-order valence-electron chi connectivity index (χ1n) is 4.82. The van der Waals surface area contributed by atoms with Crippen LogP contribution in [-0.4, -0.2) is 33.9 Å². The van der Waals surface area contributed by atoms with Crippen LogP contribution in [0.2, 0.25) is 0 Å². The van der Waals surface area contributed by atoms with Crippen LogP contribution in [0.3, 0.4) is 0 Å². The monoisotopic (exact) mass is 202 g/mol. The van der Waals surface area contributed by atoms with Gasteiger partial charge in [0.25, 0.3) is 0 Å². The molecule has 0 aromatic carbocycles. The van der Waals surface area contributed by atoms with Crippen LogP contribution in [0.4, 0.5) is 0 Å². The fourth-order valence-electron chi connectivity index (χ4n) is 1.64. The second-order valence-corrected chi connectivity index (χ2v) is 3.74. The third-order valence-electron chi connectivity index (χ3n) is 2.18. The predicted molar refractivity (Wildman–Crippen MR) is 61.2 cm³/mol. The van der Waals surface area contributed by atoms with Gasteiger partial charge in [-0.05, 0) is 18.6 Å². The van der Waals surface area contributed by atoms with E-state index in [2.05, 4.69) is 28.1 Å². The minimum absolute atomic E-state index is 0.881. The van der Waals surface area contributed by atoms with Crippen molar-refractivity contribution in [3.8, 4) is 0 Å². The summed E-state index contributed by atoms with van der Waals surface area (Å²) >= 11 is 0. The van der Waals surface area contributed by atoms with Crippen LogP contribution < -0.4 is 0 Å². The Morgan fingerprint density at radius 2 is 2.20 bits per heavy atom. The molecule has 1 N–H and O–H groups in total. The summed E-state index contributed by atoms with van der Waals surface area (Å²) in [4.78, 5) is 13.5. The van der Waals surface area contributed by atoms with Gasteiger partial charge >= 0.3 is 0 Å². The predicted octanol–water partition coefficient (Wildman–Crippen LogP) is 1.88. The van der Waals surface area contributed by atoms with Crippen molar-refractivity contribution in [2.24, 2.45) is 0 Å². The number of aromatic nitrogens is 3. The summed E-state index contributed by atoms with van der Waals surface area (Å²) in [5, 5.41) is 1.06. The largest absolute Gasteiger partial charge is 0.383 e. The maximum atomic E-state index is 4.31. The van der Waals surface area contributed by atoms with Gasteiger partial charge in [-0.25, -0.2) is 9.97 Å². The number of hydrogen-bond donors (Lipinski definition) is 1. The number of nitrogens with zero attached hydrogens (tertiary/aromatic N) is 3. The SMILES string of the molecule is C/C(=C/N(C)C)c1ncnc2[nH]ccc12. The lowest BCUT2D eigenvalue weighted by Crippen LogP contribution is -2.02. The minimum atomic E-state index is 0.881. The summed E-state index contributed by atoms with van der Waals surface area (Å²) in [6.07, 6.45) is 5.52. The second kappa shape index (κ2) is 3.73. The Balaban J connectivity index is 2.56. The van der Waals surface area contributed by atoms with E-state index in [1.807, 2.05) is 31.3 Å². The number of nitrogens with one attached hydrogen (secondary N) is 1. The fourth-order valence-corrected chi connectivity index (χ4v) is 1.64. The highest BCUT2D eigenvalue weighted by Crippen LogP contribution is 2.20. The number of rotatable bonds is 2. The van der Waals surface area contributed by atoms with Crippen LogP contribution in [0.5, 0.6) is 0 Å². The maximum Gasteiger partial charge on any atom is 0.141 e. The number of fused-ring (bicyclic) bond motifs is 1. The molecule has 0 aliphatic heterocycles. The van der Waals surface area contributed by atoms with Crippen LogP contribution in [0.15, 0.2) is 24.8 Å². The van der Waals surface area contributed by atoms with Gasteiger partial charge < -0.3 is 9.88 Å². The van der Waals surface area contributed by atoms with Crippen LogP contribution in [0.1, 0.15) is 12.6 Å². The van der Waals surface area contributed by atoms with Crippen molar-refractivity contribution in [2.45, 2.75) is 6.92 Å². The standard InChI is InChI=1S/C11H14N4/c1-8(6-15(2)3)10-9-4-5-12-11(9)14-7-13-10/h4-7H,1-3H3,(H,12,13,14)/b8-6-. The average molecular weight is 202 g/mol. The third-order valence-corrected chi connectivity index (χ3v) is 2.18. The molecule has 4 heteroatoms. The zero-order chi connectivity index (χ0) is 10.8. The van der Waals surface area contributed by atoms with E-state index in [0.29, 0.717) is 0 Å². The quantitative estimate of drug-likeness (QED) is 0.808. The number of hydrogen-bond acceptors (Lipinski definition) is 3. The molecule has 0 aliphatic rings. The molecule has 0 bridgehead atoms. The van der Waals surface area contributed by atoms with E-state index in [4.69, 9.17) is 0 Å². The van der Waals surface area contributed by atoms with Crippen molar-refractivity contribution in [3.63, 3.8) is 0 Å². The summed E-state index contributed by atoms with van der Waals surface area (Å²) < 4.78 is 0. The molecule has 0 saturated carbocycles. The van der Waals surface area contributed by atoms with Gasteiger partial charge in [0.2, 0.25) is 0 Å². The molecule has 0 spiro atoms. The molecule has 0 fully saturated rings. The smallest absolute Gasteiger partial charge is 0.141 e. The maximum absolute atomic E-state index is 4.31. The molecule has 0 amide bonds. The van der Waals surface area contributed by atoms with Crippen molar-refractivity contribution in [1.29, 1.82) is 0 Å². The zero-order valence-corrected chi connectivity index (χ0v) is 9.15. The summed E-state index contributed by atoms with van der Waals surface area (Å²) in [5.74, 6) is 0. The molecular formula is C11H14N4. The molecule has 2 aromatic rings. The Bertz CT molecular complexity index is 496. The Kier molecular flexibility index (Phi) is 2.41. The lowest BCUT2D eigenvalue weighted by atomic mass is 10.1. The topological polar surface area (TPSA) is 44.8 Å². The molecule has 2 aromatic heterocycles. The number of aromatic amines is 1. The molecule has 0 atom stereocenters. The lowest BCUT2D eigenvalue weighted by Gasteiger charge is -2.08. The number of allylic oxidation sites excluding steroid dienone is 1. The highest BCUT2D eigenvalue weighted by Gasteiger charge is 2.05. The van der Waals surface area contributed by atoms with Gasteiger partial charge in [0.05, 0.1) is 5.69 Å². The van der Waals surface area contributed by atoms with Gasteiger partial charge in [-0.2, -0.15) is 0 Å². The van der Waals surface area contributed by atoms with Crippen molar-refractivity contribution in [2.75, 3.05) is 14.1 Å². The van der Waals surface area contributed by atoms with E-state index in [1.165, 1.54) is 0 Å². The first-order chi connectivity index (χ1) is 7.18. The molecule has 0 unspecified atom stereocenters. The van der Waals surface area contributed by atoms with Gasteiger partial charge in [-0.1, -0.05) is 0 Å². The van der Waals surface area contributed by atoms with Gasteiger partial charge in [0.1, 0.15) is 12.0 Å². The van der Waals surface area contributed by atoms with Crippen LogP contribution in [0, 0.1) is 0 Å². The summed E-state index contributed by atoms with van der Waals surface area (Å²) in [7, 11) is 4.00. The molecule has 0 saturated heterocycles.